The van der Waals surface area contributed by atoms with Crippen LogP contribution in [-0.2, 0) is 5.75 Å². The zero-order chi connectivity index (χ0) is 22.8. The third-order valence-electron chi connectivity index (χ3n) is 5.00. The second-order valence-electron chi connectivity index (χ2n) is 7.19. The zero-order valence-electron chi connectivity index (χ0n) is 17.1. The van der Waals surface area contributed by atoms with E-state index in [2.05, 4.69) is 25.5 Å². The number of nitrogens with one attached hydrogen (secondary N) is 2. The van der Waals surface area contributed by atoms with Gasteiger partial charge in [-0.2, -0.15) is 5.10 Å². The molecule has 3 heterocycles. The molecular formula is C23H18N6O3S. The summed E-state index contributed by atoms with van der Waals surface area (Å²) < 4.78 is 1.28. The Morgan fingerprint density at radius 1 is 1.03 bits per heavy atom. The van der Waals surface area contributed by atoms with Crippen LogP contribution >= 0.6 is 11.8 Å². The van der Waals surface area contributed by atoms with Crippen molar-refractivity contribution in [1.82, 2.24) is 24.7 Å². The number of benzene rings is 2. The highest BCUT2D eigenvalue weighted by Crippen LogP contribution is 2.28. The van der Waals surface area contributed by atoms with E-state index in [0.29, 0.717) is 28.3 Å². The number of fused-ring (bicyclic) bond motifs is 1. The highest BCUT2D eigenvalue weighted by Gasteiger charge is 2.11. The molecule has 164 valence electrons. The number of hydrogen-bond donors (Lipinski definition) is 4. The van der Waals surface area contributed by atoms with Crippen molar-refractivity contribution in [3.8, 4) is 17.4 Å². The molecule has 2 aromatic carbocycles. The maximum Gasteiger partial charge on any atom is 0.255 e. The lowest BCUT2D eigenvalue weighted by atomic mass is 10.1. The van der Waals surface area contributed by atoms with Crippen molar-refractivity contribution in [3.05, 3.63) is 84.3 Å². The SMILES string of the molecule is O=C(Nc1cccc(CSc2ncnc3[nH]ncc23)c1)c1ccc(-n2c(O)ccc2O)cc1. The minimum atomic E-state index is -0.261. The van der Waals surface area contributed by atoms with E-state index >= 15 is 0 Å². The summed E-state index contributed by atoms with van der Waals surface area (Å²) in [6, 6.07) is 17.0. The molecule has 0 saturated heterocycles. The number of aromatic amines is 1. The van der Waals surface area contributed by atoms with Crippen molar-refractivity contribution in [2.45, 2.75) is 10.8 Å². The van der Waals surface area contributed by atoms with Crippen LogP contribution in [0.5, 0.6) is 11.8 Å². The minimum Gasteiger partial charge on any atom is -0.494 e. The van der Waals surface area contributed by atoms with Gasteiger partial charge in [-0.05, 0) is 42.0 Å². The van der Waals surface area contributed by atoms with Gasteiger partial charge in [0, 0.05) is 29.1 Å². The molecule has 9 nitrogen and oxygen atoms in total. The number of carbonyl (C=O) groups excluding carboxylic acids is 1. The molecule has 33 heavy (non-hydrogen) atoms. The van der Waals surface area contributed by atoms with E-state index < -0.39 is 0 Å². The van der Waals surface area contributed by atoms with Crippen LogP contribution in [-0.4, -0.2) is 40.9 Å². The lowest BCUT2D eigenvalue weighted by molar-refractivity contribution is 0.102. The number of thioether (sulfide) groups is 1. The molecule has 3 aromatic heterocycles. The van der Waals surface area contributed by atoms with Crippen LogP contribution in [0.2, 0.25) is 0 Å². The highest BCUT2D eigenvalue weighted by atomic mass is 32.2. The Balaban J connectivity index is 1.26. The van der Waals surface area contributed by atoms with Crippen LogP contribution in [0.25, 0.3) is 16.7 Å². The van der Waals surface area contributed by atoms with Gasteiger partial charge in [0.05, 0.1) is 17.3 Å². The van der Waals surface area contributed by atoms with Gasteiger partial charge in [0.2, 0.25) is 0 Å². The molecule has 5 aromatic rings. The van der Waals surface area contributed by atoms with Gasteiger partial charge in [0.1, 0.15) is 11.4 Å². The maximum absolute atomic E-state index is 12.7. The minimum absolute atomic E-state index is 0.0881. The molecule has 0 saturated carbocycles. The number of H-pyrrole nitrogens is 1. The first-order valence-corrected chi connectivity index (χ1v) is 10.9. The van der Waals surface area contributed by atoms with E-state index in [1.165, 1.54) is 23.0 Å². The fourth-order valence-corrected chi connectivity index (χ4v) is 4.30. The van der Waals surface area contributed by atoms with Crippen molar-refractivity contribution < 1.29 is 15.0 Å². The summed E-state index contributed by atoms with van der Waals surface area (Å²) in [7, 11) is 0. The number of amides is 1. The summed E-state index contributed by atoms with van der Waals surface area (Å²) in [5, 5.41) is 31.2. The Morgan fingerprint density at radius 3 is 2.61 bits per heavy atom. The van der Waals surface area contributed by atoms with E-state index in [9.17, 15) is 15.0 Å². The van der Waals surface area contributed by atoms with E-state index in [-0.39, 0.29) is 17.7 Å². The molecule has 4 N–H and O–H groups in total. The Kier molecular flexibility index (Phi) is 5.41. The van der Waals surface area contributed by atoms with Crippen LogP contribution < -0.4 is 5.32 Å². The largest absolute Gasteiger partial charge is 0.494 e. The third-order valence-corrected chi connectivity index (χ3v) is 6.08. The second kappa shape index (κ2) is 8.67. The van der Waals surface area contributed by atoms with Crippen LogP contribution in [0.4, 0.5) is 5.69 Å². The Bertz CT molecular complexity index is 1420. The monoisotopic (exact) mass is 458 g/mol. The normalized spacial score (nSPS) is 11.0. The standard InChI is InChI=1S/C23H18N6O3S/c30-19-8-9-20(31)29(19)17-6-4-15(5-7-17)22(32)27-16-3-1-2-14(10-16)12-33-23-18-11-26-28-21(18)24-13-25-23/h1-11,13,30-31H,12H2,(H,27,32)(H,24,25,26,28). The van der Waals surface area contributed by atoms with Gasteiger partial charge in [-0.1, -0.05) is 12.1 Å². The van der Waals surface area contributed by atoms with Crippen molar-refractivity contribution in [2.75, 3.05) is 5.32 Å². The molecule has 0 aliphatic rings. The van der Waals surface area contributed by atoms with Crippen LogP contribution in [0.15, 0.2) is 78.2 Å². The molecule has 0 atom stereocenters. The molecule has 0 radical (unpaired) electrons. The van der Waals surface area contributed by atoms with Gasteiger partial charge in [-0.25, -0.2) is 9.97 Å². The predicted octanol–water partition coefficient (Wildman–Crippen LogP) is 4.10. The van der Waals surface area contributed by atoms with Crippen molar-refractivity contribution >= 4 is 34.4 Å². The van der Waals surface area contributed by atoms with Crippen molar-refractivity contribution in [2.24, 2.45) is 0 Å². The summed E-state index contributed by atoms with van der Waals surface area (Å²) in [6.07, 6.45) is 3.21. The lowest BCUT2D eigenvalue weighted by Gasteiger charge is -2.10. The fraction of sp³-hybridized carbons (Fsp3) is 0.0435. The molecule has 0 spiro atoms. The van der Waals surface area contributed by atoms with E-state index in [1.807, 2.05) is 24.3 Å². The molecule has 0 bridgehead atoms. The molecule has 0 unspecified atom stereocenters. The first-order chi connectivity index (χ1) is 16.1. The second-order valence-corrected chi connectivity index (χ2v) is 8.15. The van der Waals surface area contributed by atoms with Gasteiger partial charge < -0.3 is 15.5 Å². The number of anilines is 1. The average molecular weight is 459 g/mol. The van der Waals surface area contributed by atoms with E-state index in [4.69, 9.17) is 0 Å². The van der Waals surface area contributed by atoms with Crippen LogP contribution in [0.3, 0.4) is 0 Å². The van der Waals surface area contributed by atoms with Crippen molar-refractivity contribution in [1.29, 1.82) is 0 Å². The van der Waals surface area contributed by atoms with Gasteiger partial charge in [0.25, 0.3) is 5.91 Å². The molecule has 5 rings (SSSR count). The Labute approximate surface area is 192 Å². The van der Waals surface area contributed by atoms with Crippen molar-refractivity contribution in [3.63, 3.8) is 0 Å². The quantitative estimate of drug-likeness (QED) is 0.223. The number of rotatable bonds is 6. The van der Waals surface area contributed by atoms with Crippen LogP contribution in [0, 0.1) is 0 Å². The molecule has 1 amide bonds. The van der Waals surface area contributed by atoms with E-state index in [1.54, 1.807) is 42.2 Å². The molecule has 0 fully saturated rings. The third kappa shape index (κ3) is 4.23. The molecular weight excluding hydrogens is 440 g/mol. The topological polar surface area (TPSA) is 129 Å². The smallest absolute Gasteiger partial charge is 0.255 e. The van der Waals surface area contributed by atoms with Gasteiger partial charge in [-0.3, -0.25) is 14.5 Å². The summed E-state index contributed by atoms with van der Waals surface area (Å²) in [5.74, 6) is 0.229. The number of hydrogen-bond acceptors (Lipinski definition) is 7. The number of nitrogens with zero attached hydrogens (tertiary/aromatic N) is 4. The van der Waals surface area contributed by atoms with Crippen LogP contribution in [0.1, 0.15) is 15.9 Å². The molecule has 0 aliphatic carbocycles. The summed E-state index contributed by atoms with van der Waals surface area (Å²) in [4.78, 5) is 21.2. The number of carbonyl (C=O) groups is 1. The summed E-state index contributed by atoms with van der Waals surface area (Å²) >= 11 is 1.57. The first-order valence-electron chi connectivity index (χ1n) is 9.96. The summed E-state index contributed by atoms with van der Waals surface area (Å²) in [5.41, 5.74) is 3.40. The zero-order valence-corrected chi connectivity index (χ0v) is 18.0. The molecule has 10 heteroatoms. The first kappa shape index (κ1) is 20.6. The highest BCUT2D eigenvalue weighted by molar-refractivity contribution is 7.98. The Morgan fingerprint density at radius 2 is 1.82 bits per heavy atom. The van der Waals surface area contributed by atoms with Gasteiger partial charge >= 0.3 is 0 Å². The fourth-order valence-electron chi connectivity index (χ4n) is 3.39. The summed E-state index contributed by atoms with van der Waals surface area (Å²) in [6.45, 7) is 0. The van der Waals surface area contributed by atoms with Gasteiger partial charge in [0.15, 0.2) is 17.4 Å². The molecule has 0 aliphatic heterocycles. The van der Waals surface area contributed by atoms with Gasteiger partial charge in [-0.15, -0.1) is 11.8 Å². The average Bonchev–Trinajstić information content (AvgIpc) is 3.44. The number of aromatic hydroxyl groups is 2. The maximum atomic E-state index is 12.7. The Hall–Kier alpha value is -4.31. The predicted molar refractivity (Wildman–Crippen MR) is 125 cm³/mol. The lowest BCUT2D eigenvalue weighted by Crippen LogP contribution is -2.12. The van der Waals surface area contributed by atoms with E-state index in [0.717, 1.165) is 16.0 Å². The number of aromatic nitrogens is 5.